The molecule has 0 radical (unpaired) electrons. The first kappa shape index (κ1) is 91.4. The van der Waals surface area contributed by atoms with Crippen LogP contribution in [0.3, 0.4) is 0 Å². The molecule has 14 rings (SSSR count). The topological polar surface area (TPSA) is 216 Å². The molecule has 0 saturated carbocycles. The van der Waals surface area contributed by atoms with Gasteiger partial charge in [-0.2, -0.15) is 0 Å². The van der Waals surface area contributed by atoms with E-state index in [-0.39, 0.29) is 72.7 Å². The van der Waals surface area contributed by atoms with E-state index in [1.54, 1.807) is 0 Å². The third-order valence-corrected chi connectivity index (χ3v) is 24.0. The summed E-state index contributed by atoms with van der Waals surface area (Å²) in [5, 5.41) is 11.2. The highest BCUT2D eigenvalue weighted by atomic mass is 16.6. The van der Waals surface area contributed by atoms with E-state index in [4.69, 9.17) is 9.47 Å². The Morgan fingerprint density at radius 3 is 1.12 bits per heavy atom. The second-order valence-corrected chi connectivity index (χ2v) is 38.1. The van der Waals surface area contributed by atoms with E-state index in [1.165, 1.54) is 100 Å². The molecule has 6 aromatic rings. The van der Waals surface area contributed by atoms with Crippen LogP contribution in [0.1, 0.15) is 249 Å². The molecule has 18 heteroatoms. The van der Waals surface area contributed by atoms with Crippen LogP contribution in [0.25, 0.3) is 22.3 Å². The molecule has 4 N–H and O–H groups in total. The summed E-state index contributed by atoms with van der Waals surface area (Å²) in [7, 11) is 0. The summed E-state index contributed by atoms with van der Waals surface area (Å²) in [4.78, 5) is 108. The van der Waals surface area contributed by atoms with Crippen molar-refractivity contribution in [3.8, 4) is 0 Å². The smallest absolute Gasteiger partial charge is 0.407 e. The van der Waals surface area contributed by atoms with Crippen LogP contribution in [0.15, 0.2) is 180 Å². The summed E-state index contributed by atoms with van der Waals surface area (Å²) in [6, 6.07) is 55.8. The van der Waals surface area contributed by atoms with Gasteiger partial charge >= 0.3 is 12.2 Å². The Hall–Kier alpha value is -10.4. The molecule has 0 spiro atoms. The molecule has 0 saturated heterocycles. The van der Waals surface area contributed by atoms with Gasteiger partial charge in [0.05, 0.1) is 37.3 Å². The third-order valence-electron chi connectivity index (χ3n) is 24.0. The van der Waals surface area contributed by atoms with E-state index >= 15 is 0 Å². The van der Waals surface area contributed by atoms with Gasteiger partial charge in [0.15, 0.2) is 0 Å². The SMILES string of the molecule is CC(C)(C)OC(=O)NCCCCC(=O)N1CCC2=C(Cc3ccccc32)C1Cc1ccccc1.CC(C)(C)OC(=O)NCCCCC(=O)N1CCC2=C(Cc3ccccc32)C1c1ccccc1.CC(C)CC(=O)NCC(=O)N1CCC2=C(Cc3ccccc32)C1CC(C)C.CC(C)CC1C2=C(CCN1C(=O)CNC(=O)C(C)(C)C)c1ccccc1C2. The molecule has 6 aromatic carbocycles. The molecule has 4 aliphatic heterocycles. The quantitative estimate of drug-likeness (QED) is 0.0445. The molecule has 646 valence electrons. The maximum absolute atomic E-state index is 13.3. The number of amides is 8. The molecule has 4 heterocycles. The van der Waals surface area contributed by atoms with Gasteiger partial charge in [0, 0.05) is 63.9 Å². The molecule has 8 amide bonds. The number of carbonyl (C=O) groups excluding carboxylic acids is 8. The molecular formula is C103H134N8O10. The van der Waals surface area contributed by atoms with Crippen molar-refractivity contribution in [1.29, 1.82) is 0 Å². The van der Waals surface area contributed by atoms with E-state index in [0.717, 1.165) is 122 Å². The maximum atomic E-state index is 13.3. The summed E-state index contributed by atoms with van der Waals surface area (Å²) in [6.45, 7) is 33.7. The van der Waals surface area contributed by atoms with E-state index < -0.39 is 28.8 Å². The van der Waals surface area contributed by atoms with Gasteiger partial charge in [0.25, 0.3) is 0 Å². The number of rotatable bonds is 23. The van der Waals surface area contributed by atoms with Gasteiger partial charge in [0.1, 0.15) is 11.2 Å². The van der Waals surface area contributed by atoms with Crippen LogP contribution >= 0.6 is 0 Å². The summed E-state index contributed by atoms with van der Waals surface area (Å²) in [5.74, 6) is 1.66. The van der Waals surface area contributed by atoms with Crippen LogP contribution in [0.2, 0.25) is 0 Å². The Morgan fingerprint density at radius 1 is 0.380 bits per heavy atom. The molecule has 121 heavy (non-hydrogen) atoms. The van der Waals surface area contributed by atoms with Gasteiger partial charge in [-0.05, 0) is 256 Å². The Bertz CT molecular complexity index is 4800. The van der Waals surface area contributed by atoms with E-state index in [2.05, 4.69) is 204 Å². The maximum Gasteiger partial charge on any atom is 0.407 e. The monoisotopic (exact) mass is 1640 g/mol. The van der Waals surface area contributed by atoms with Crippen LogP contribution in [0, 0.1) is 23.2 Å². The Kier molecular flexibility index (Phi) is 31.3. The number of nitrogens with zero attached hydrogens (tertiary/aromatic N) is 4. The largest absolute Gasteiger partial charge is 0.444 e. The van der Waals surface area contributed by atoms with Crippen molar-refractivity contribution >= 4 is 69.9 Å². The molecule has 4 aliphatic carbocycles. The zero-order valence-electron chi connectivity index (χ0n) is 74.8. The first-order valence-corrected chi connectivity index (χ1v) is 44.7. The number of ether oxygens (including phenoxy) is 2. The number of fused-ring (bicyclic) bond motifs is 8. The van der Waals surface area contributed by atoms with E-state index in [9.17, 15) is 38.4 Å². The summed E-state index contributed by atoms with van der Waals surface area (Å²) in [6.07, 6.45) is 13.8. The van der Waals surface area contributed by atoms with Gasteiger partial charge < -0.3 is 50.3 Å². The van der Waals surface area contributed by atoms with Crippen LogP contribution in [-0.4, -0.2) is 149 Å². The third kappa shape index (κ3) is 24.5. The van der Waals surface area contributed by atoms with Crippen LogP contribution in [-0.2, 0) is 70.3 Å². The lowest BCUT2D eigenvalue weighted by Crippen LogP contribution is -2.50. The lowest BCUT2D eigenvalue weighted by atomic mass is 9.87. The molecule has 4 unspecified atom stereocenters. The Morgan fingerprint density at radius 2 is 0.727 bits per heavy atom. The molecule has 18 nitrogen and oxygen atoms in total. The average molecular weight is 1640 g/mol. The van der Waals surface area contributed by atoms with Crippen LogP contribution in [0.4, 0.5) is 9.59 Å². The molecule has 8 aliphatic rings. The summed E-state index contributed by atoms with van der Waals surface area (Å²) in [5.41, 5.74) is 23.3. The van der Waals surface area contributed by atoms with Crippen molar-refractivity contribution in [1.82, 2.24) is 40.9 Å². The summed E-state index contributed by atoms with van der Waals surface area (Å²) >= 11 is 0. The van der Waals surface area contributed by atoms with Crippen molar-refractivity contribution in [2.45, 2.75) is 255 Å². The highest BCUT2D eigenvalue weighted by molar-refractivity contribution is 5.91. The van der Waals surface area contributed by atoms with E-state index in [0.29, 0.717) is 50.1 Å². The summed E-state index contributed by atoms with van der Waals surface area (Å²) < 4.78 is 10.5. The van der Waals surface area contributed by atoms with Gasteiger partial charge in [-0.1, -0.05) is 220 Å². The van der Waals surface area contributed by atoms with E-state index in [1.807, 2.05) is 98.1 Å². The van der Waals surface area contributed by atoms with Crippen molar-refractivity contribution < 1.29 is 47.8 Å². The number of hydrogen-bond donors (Lipinski definition) is 4. The average Bonchev–Trinajstić information content (AvgIpc) is 1.67. The minimum atomic E-state index is -0.506. The lowest BCUT2D eigenvalue weighted by molar-refractivity contribution is -0.136. The van der Waals surface area contributed by atoms with Crippen LogP contribution in [0.5, 0.6) is 0 Å². The van der Waals surface area contributed by atoms with Gasteiger partial charge in [-0.15, -0.1) is 0 Å². The molecule has 4 atom stereocenters. The molecule has 0 fully saturated rings. The standard InChI is InChI=1S/C29H36N2O3.C28H34N2O3.2C23H32N2O2/c1-29(2,3)34-28(33)30-17-10-9-15-27(32)31-18-16-24-23-14-8-7-13-22(23)20-25(24)26(31)19-21-11-5-4-6-12-21;1-28(2,3)33-27(32)29-17-10-9-15-25(31)30-18-16-23-22-14-8-7-13-21(22)19-24(23)26(30)20-11-5-4-6-12-20;1-15(2)12-20-19-13-16-8-6-7-9-17(16)18(19)10-11-25(20)21(26)14-24-22(27)23(3,4)5;1-15(2)11-21-20-13-17-7-5-6-8-18(17)19(20)9-10-25(21)23(27)14-24-22(26)12-16(3)4/h4-8,11-14,26H,9-10,15-20H2,1-3H3,(H,30,33);4-8,11-14,26H,9-10,15-19H2,1-3H3,(H,29,32);6-9,15,20H,10-14H2,1-5H3,(H,24,27);5-8,15-16,21H,9-14H2,1-4H3,(H,24,26). The number of unbranched alkanes of at least 4 members (excludes halogenated alkanes) is 2. The number of benzene rings is 6. The predicted octanol–water partition coefficient (Wildman–Crippen LogP) is 18.8. The molecular weight excluding hydrogens is 1510 g/mol. The molecule has 0 aromatic heterocycles. The normalized spacial score (nSPS) is 18.1. The fourth-order valence-electron chi connectivity index (χ4n) is 18.5. The lowest BCUT2D eigenvalue weighted by Gasteiger charge is -2.38. The van der Waals surface area contributed by atoms with Crippen molar-refractivity contribution in [3.05, 3.63) is 236 Å². The number of nitrogens with one attached hydrogen (secondary N) is 4. The highest BCUT2D eigenvalue weighted by Crippen LogP contribution is 2.49. The first-order valence-electron chi connectivity index (χ1n) is 44.7. The van der Waals surface area contributed by atoms with Crippen molar-refractivity contribution in [2.75, 3.05) is 52.4 Å². The Labute approximate surface area is 720 Å². The highest BCUT2D eigenvalue weighted by Gasteiger charge is 2.42. The fourth-order valence-corrected chi connectivity index (χ4v) is 18.5. The minimum absolute atomic E-state index is 0.00487. The van der Waals surface area contributed by atoms with Crippen molar-refractivity contribution in [3.63, 3.8) is 0 Å². The predicted molar refractivity (Wildman–Crippen MR) is 484 cm³/mol. The van der Waals surface area contributed by atoms with Gasteiger partial charge in [-0.25, -0.2) is 9.59 Å². The number of hydrogen-bond acceptors (Lipinski definition) is 10. The first-order chi connectivity index (χ1) is 57.7. The Balaban J connectivity index is 0.000000158. The van der Waals surface area contributed by atoms with Gasteiger partial charge in [0.2, 0.25) is 35.4 Å². The number of carbonyl (C=O) groups is 8. The zero-order chi connectivity index (χ0) is 86.9. The second kappa shape index (κ2) is 41.5. The van der Waals surface area contributed by atoms with Crippen LogP contribution < -0.4 is 21.3 Å². The number of alkyl carbamates (subject to hydrolysis) is 2. The van der Waals surface area contributed by atoms with Crippen molar-refractivity contribution in [2.24, 2.45) is 23.2 Å². The second-order valence-electron chi connectivity index (χ2n) is 38.1. The zero-order valence-corrected chi connectivity index (χ0v) is 74.8. The fraction of sp³-hybridized carbons (Fsp3) is 0.495. The minimum Gasteiger partial charge on any atom is -0.444 e. The molecule has 0 bridgehead atoms. The van der Waals surface area contributed by atoms with Gasteiger partial charge in [-0.3, -0.25) is 28.8 Å².